The van der Waals surface area contributed by atoms with Crippen molar-refractivity contribution < 1.29 is 4.39 Å². The summed E-state index contributed by atoms with van der Waals surface area (Å²) in [7, 11) is 0. The van der Waals surface area contributed by atoms with Crippen molar-refractivity contribution in [2.75, 3.05) is 5.43 Å². The highest BCUT2D eigenvalue weighted by atomic mass is 79.9. The molecule has 88 valence electrons. The summed E-state index contributed by atoms with van der Waals surface area (Å²) in [5.74, 6) is 5.63. The second kappa shape index (κ2) is 3.92. The monoisotopic (exact) mass is 295 g/mol. The highest BCUT2D eigenvalue weighted by Gasteiger charge is 2.26. The normalized spacial score (nSPS) is 15.2. The summed E-state index contributed by atoms with van der Waals surface area (Å²) in [6.07, 6.45) is 2.25. The van der Waals surface area contributed by atoms with Gasteiger partial charge in [-0.1, -0.05) is 15.9 Å². The predicted octanol–water partition coefficient (Wildman–Crippen LogP) is 3.30. The molecule has 17 heavy (non-hydrogen) atoms. The van der Waals surface area contributed by atoms with Crippen LogP contribution in [0.2, 0.25) is 0 Å². The Balaban J connectivity index is 2.31. The molecule has 0 spiro atoms. The van der Waals surface area contributed by atoms with Gasteiger partial charge < -0.3 is 5.43 Å². The van der Waals surface area contributed by atoms with Gasteiger partial charge in [-0.05, 0) is 31.0 Å². The van der Waals surface area contributed by atoms with Crippen LogP contribution in [0.15, 0.2) is 22.7 Å². The summed E-state index contributed by atoms with van der Waals surface area (Å²) in [4.78, 5) is 4.40. The molecular formula is C12H11BrFN3. The molecule has 0 radical (unpaired) electrons. The SMILES string of the molecule is NNc1cc(C2CC2)nc2c(F)cc(Br)cc12. The molecule has 0 unspecified atom stereocenters. The fraction of sp³-hybridized carbons (Fsp3) is 0.250. The van der Waals surface area contributed by atoms with E-state index in [9.17, 15) is 4.39 Å². The minimum atomic E-state index is -0.326. The minimum Gasteiger partial charge on any atom is -0.323 e. The minimum absolute atomic E-state index is 0.326. The number of rotatable bonds is 2. The summed E-state index contributed by atoms with van der Waals surface area (Å²) in [5, 5.41) is 0.698. The van der Waals surface area contributed by atoms with Gasteiger partial charge in [0.1, 0.15) is 5.52 Å². The van der Waals surface area contributed by atoms with Gasteiger partial charge in [-0.25, -0.2) is 9.37 Å². The van der Waals surface area contributed by atoms with Crippen molar-refractivity contribution in [2.45, 2.75) is 18.8 Å². The third-order valence-corrected chi connectivity index (χ3v) is 3.46. The van der Waals surface area contributed by atoms with Gasteiger partial charge in [0.05, 0.1) is 5.69 Å². The maximum Gasteiger partial charge on any atom is 0.150 e. The Hall–Kier alpha value is -1.20. The Labute approximate surface area is 106 Å². The molecule has 1 aliphatic rings. The fourth-order valence-electron chi connectivity index (χ4n) is 1.98. The lowest BCUT2D eigenvalue weighted by atomic mass is 10.1. The van der Waals surface area contributed by atoms with E-state index in [0.29, 0.717) is 21.3 Å². The third kappa shape index (κ3) is 1.89. The number of halogens is 2. The van der Waals surface area contributed by atoms with Crippen LogP contribution in [-0.2, 0) is 0 Å². The molecule has 0 bridgehead atoms. The summed E-state index contributed by atoms with van der Waals surface area (Å²) in [6, 6.07) is 5.15. The number of hydrogen-bond acceptors (Lipinski definition) is 3. The Morgan fingerprint density at radius 2 is 2.12 bits per heavy atom. The van der Waals surface area contributed by atoms with Crippen LogP contribution < -0.4 is 11.3 Å². The maximum absolute atomic E-state index is 13.9. The lowest BCUT2D eigenvalue weighted by Crippen LogP contribution is -2.08. The van der Waals surface area contributed by atoms with Crippen LogP contribution in [0.4, 0.5) is 10.1 Å². The van der Waals surface area contributed by atoms with Crippen LogP contribution in [0, 0.1) is 5.82 Å². The molecule has 2 aromatic rings. The zero-order valence-electron chi connectivity index (χ0n) is 9.00. The Morgan fingerprint density at radius 3 is 2.76 bits per heavy atom. The second-order valence-corrected chi connectivity index (χ2v) is 5.21. The molecule has 1 aromatic heterocycles. The van der Waals surface area contributed by atoms with Crippen LogP contribution >= 0.6 is 15.9 Å². The van der Waals surface area contributed by atoms with E-state index in [4.69, 9.17) is 5.84 Å². The van der Waals surface area contributed by atoms with Crippen molar-refractivity contribution >= 4 is 32.5 Å². The molecule has 1 saturated carbocycles. The molecule has 3 rings (SSSR count). The molecule has 0 saturated heterocycles. The molecule has 1 aliphatic carbocycles. The van der Waals surface area contributed by atoms with E-state index in [1.54, 1.807) is 0 Å². The Bertz CT molecular complexity index is 596. The van der Waals surface area contributed by atoms with E-state index in [-0.39, 0.29) is 5.82 Å². The molecule has 1 fully saturated rings. The van der Waals surface area contributed by atoms with Gasteiger partial charge in [0.25, 0.3) is 0 Å². The average Bonchev–Trinajstić information content (AvgIpc) is 3.11. The number of hydrazine groups is 1. The number of anilines is 1. The molecule has 3 nitrogen and oxygen atoms in total. The first kappa shape index (κ1) is 10.9. The van der Waals surface area contributed by atoms with Gasteiger partial charge >= 0.3 is 0 Å². The molecule has 0 amide bonds. The lowest BCUT2D eigenvalue weighted by molar-refractivity contribution is 0.635. The average molecular weight is 296 g/mol. The first-order chi connectivity index (χ1) is 8.19. The topological polar surface area (TPSA) is 50.9 Å². The zero-order valence-corrected chi connectivity index (χ0v) is 10.6. The van der Waals surface area contributed by atoms with E-state index >= 15 is 0 Å². The molecule has 1 heterocycles. The molecule has 1 aromatic carbocycles. The number of aromatic nitrogens is 1. The fourth-order valence-corrected chi connectivity index (χ4v) is 2.41. The number of nitrogens with two attached hydrogens (primary N) is 1. The van der Waals surface area contributed by atoms with Crippen LogP contribution in [0.25, 0.3) is 10.9 Å². The summed E-state index contributed by atoms with van der Waals surface area (Å²) >= 11 is 3.27. The molecule has 0 aliphatic heterocycles. The van der Waals surface area contributed by atoms with Gasteiger partial charge in [0.15, 0.2) is 5.82 Å². The van der Waals surface area contributed by atoms with E-state index in [0.717, 1.165) is 24.2 Å². The van der Waals surface area contributed by atoms with Crippen molar-refractivity contribution in [1.82, 2.24) is 4.98 Å². The predicted molar refractivity (Wildman–Crippen MR) is 69.2 cm³/mol. The lowest BCUT2D eigenvalue weighted by Gasteiger charge is -2.09. The third-order valence-electron chi connectivity index (χ3n) is 3.00. The Morgan fingerprint density at radius 1 is 1.35 bits per heavy atom. The number of nitrogens with one attached hydrogen (secondary N) is 1. The molecule has 5 heteroatoms. The zero-order chi connectivity index (χ0) is 12.0. The summed E-state index contributed by atoms with van der Waals surface area (Å²) in [5.41, 5.74) is 4.64. The van der Waals surface area contributed by atoms with Crippen molar-refractivity contribution in [1.29, 1.82) is 0 Å². The molecular weight excluding hydrogens is 285 g/mol. The number of nitrogen functional groups attached to an aromatic ring is 1. The van der Waals surface area contributed by atoms with Gasteiger partial charge in [0, 0.05) is 21.5 Å². The van der Waals surface area contributed by atoms with Crippen LogP contribution in [0.5, 0.6) is 0 Å². The second-order valence-electron chi connectivity index (χ2n) is 4.30. The van der Waals surface area contributed by atoms with E-state index in [2.05, 4.69) is 26.3 Å². The molecule has 3 N–H and O–H groups in total. The van der Waals surface area contributed by atoms with E-state index in [1.165, 1.54) is 6.07 Å². The van der Waals surface area contributed by atoms with Crippen molar-refractivity contribution in [3.8, 4) is 0 Å². The van der Waals surface area contributed by atoms with Crippen molar-refractivity contribution in [2.24, 2.45) is 5.84 Å². The number of benzene rings is 1. The van der Waals surface area contributed by atoms with Gasteiger partial charge in [-0.3, -0.25) is 5.84 Å². The van der Waals surface area contributed by atoms with Gasteiger partial charge in [-0.15, -0.1) is 0 Å². The van der Waals surface area contributed by atoms with Crippen molar-refractivity contribution in [3.05, 3.63) is 34.2 Å². The van der Waals surface area contributed by atoms with Crippen LogP contribution in [0.1, 0.15) is 24.5 Å². The summed E-state index contributed by atoms with van der Waals surface area (Å²) in [6.45, 7) is 0. The first-order valence-electron chi connectivity index (χ1n) is 5.45. The number of pyridine rings is 1. The van der Waals surface area contributed by atoms with Crippen LogP contribution in [0.3, 0.4) is 0 Å². The highest BCUT2D eigenvalue weighted by molar-refractivity contribution is 9.10. The number of nitrogens with zero attached hydrogens (tertiary/aromatic N) is 1. The van der Waals surface area contributed by atoms with Gasteiger partial charge in [-0.2, -0.15) is 0 Å². The van der Waals surface area contributed by atoms with E-state index in [1.807, 2.05) is 12.1 Å². The highest BCUT2D eigenvalue weighted by Crippen LogP contribution is 2.41. The standard InChI is InChI=1S/C12H11BrFN3/c13-7-3-8-11(17-15)5-10(6-1-2-6)16-12(8)9(14)4-7/h3-6H,1-2,15H2,(H,16,17). The number of hydrogen-bond donors (Lipinski definition) is 2. The van der Waals surface area contributed by atoms with Gasteiger partial charge in [0.2, 0.25) is 0 Å². The molecule has 0 atom stereocenters. The largest absolute Gasteiger partial charge is 0.323 e. The number of fused-ring (bicyclic) bond motifs is 1. The maximum atomic E-state index is 13.9. The smallest absolute Gasteiger partial charge is 0.150 e. The van der Waals surface area contributed by atoms with Crippen molar-refractivity contribution in [3.63, 3.8) is 0 Å². The van der Waals surface area contributed by atoms with E-state index < -0.39 is 0 Å². The summed E-state index contributed by atoms with van der Waals surface area (Å²) < 4.78 is 14.5. The first-order valence-corrected chi connectivity index (χ1v) is 6.24. The Kier molecular flexibility index (Phi) is 2.52. The van der Waals surface area contributed by atoms with Crippen LogP contribution in [-0.4, -0.2) is 4.98 Å². The quantitative estimate of drug-likeness (QED) is 0.660.